The molecule has 0 saturated heterocycles. The van der Waals surface area contributed by atoms with Crippen molar-refractivity contribution in [1.29, 1.82) is 0 Å². The number of hydrogen-bond acceptors (Lipinski definition) is 3. The smallest absolute Gasteiger partial charge is 0.335 e. The Labute approximate surface area is 119 Å². The first-order valence-corrected chi connectivity index (χ1v) is 7.83. The van der Waals surface area contributed by atoms with Crippen LogP contribution in [0.3, 0.4) is 0 Å². The van der Waals surface area contributed by atoms with Crippen molar-refractivity contribution in [3.63, 3.8) is 0 Å². The molecule has 4 heteroatoms. The average molecular weight is 281 g/mol. The van der Waals surface area contributed by atoms with E-state index < -0.39 is 5.97 Å². The second kappa shape index (κ2) is 6.85. The van der Waals surface area contributed by atoms with Crippen LogP contribution in [0.1, 0.15) is 42.6 Å². The fourth-order valence-electron chi connectivity index (χ4n) is 2.11. The first-order valence-electron chi connectivity index (χ1n) is 6.61. The molecule has 0 spiro atoms. The van der Waals surface area contributed by atoms with Gasteiger partial charge in [0, 0.05) is 17.0 Å². The lowest BCUT2D eigenvalue weighted by Gasteiger charge is -2.30. The number of thioether (sulfide) groups is 1. The third-order valence-electron chi connectivity index (χ3n) is 3.80. The van der Waals surface area contributed by atoms with Gasteiger partial charge in [0.2, 0.25) is 0 Å². The first-order chi connectivity index (χ1) is 8.98. The van der Waals surface area contributed by atoms with Crippen LogP contribution in [0.4, 0.5) is 5.69 Å². The molecular formula is C15H23NO2S. The molecule has 0 amide bonds. The molecular weight excluding hydrogens is 258 g/mol. The van der Waals surface area contributed by atoms with Crippen molar-refractivity contribution < 1.29 is 9.90 Å². The molecule has 19 heavy (non-hydrogen) atoms. The van der Waals surface area contributed by atoms with Crippen molar-refractivity contribution >= 4 is 23.4 Å². The van der Waals surface area contributed by atoms with Crippen molar-refractivity contribution in [2.75, 3.05) is 18.1 Å². The van der Waals surface area contributed by atoms with E-state index in [1.165, 1.54) is 0 Å². The fraction of sp³-hybridized carbons (Fsp3) is 0.533. The summed E-state index contributed by atoms with van der Waals surface area (Å²) in [5.41, 5.74) is 2.33. The maximum Gasteiger partial charge on any atom is 0.335 e. The quantitative estimate of drug-likeness (QED) is 0.792. The summed E-state index contributed by atoms with van der Waals surface area (Å²) in [6, 6.07) is 5.22. The summed E-state index contributed by atoms with van der Waals surface area (Å²) in [5.74, 6) is -0.879. The van der Waals surface area contributed by atoms with Gasteiger partial charge in [0.05, 0.1) is 5.56 Å². The van der Waals surface area contributed by atoms with E-state index in [-0.39, 0.29) is 4.75 Å². The van der Waals surface area contributed by atoms with Crippen molar-refractivity contribution in [3.8, 4) is 0 Å². The van der Waals surface area contributed by atoms with Crippen LogP contribution < -0.4 is 5.32 Å². The summed E-state index contributed by atoms with van der Waals surface area (Å²) >= 11 is 1.89. The highest BCUT2D eigenvalue weighted by Crippen LogP contribution is 2.31. The summed E-state index contributed by atoms with van der Waals surface area (Å²) in [7, 11) is 0. The van der Waals surface area contributed by atoms with E-state index in [0.717, 1.165) is 30.6 Å². The molecule has 0 bridgehead atoms. The normalized spacial score (nSPS) is 11.4. The minimum Gasteiger partial charge on any atom is -0.478 e. The second-order valence-corrected chi connectivity index (χ2v) is 6.06. The molecule has 1 aromatic carbocycles. The van der Waals surface area contributed by atoms with E-state index in [0.29, 0.717) is 5.56 Å². The Hall–Kier alpha value is -1.16. The topological polar surface area (TPSA) is 49.3 Å². The van der Waals surface area contributed by atoms with Gasteiger partial charge >= 0.3 is 5.97 Å². The molecule has 0 unspecified atom stereocenters. The number of nitrogens with one attached hydrogen (secondary N) is 1. The van der Waals surface area contributed by atoms with E-state index in [1.807, 2.05) is 24.8 Å². The van der Waals surface area contributed by atoms with Crippen LogP contribution in [-0.4, -0.2) is 28.6 Å². The van der Waals surface area contributed by atoms with Crippen molar-refractivity contribution in [2.24, 2.45) is 0 Å². The van der Waals surface area contributed by atoms with Gasteiger partial charge in [-0.2, -0.15) is 11.8 Å². The zero-order chi connectivity index (χ0) is 14.5. The van der Waals surface area contributed by atoms with Crippen LogP contribution >= 0.6 is 11.8 Å². The molecule has 106 valence electrons. The van der Waals surface area contributed by atoms with Crippen LogP contribution in [0.2, 0.25) is 0 Å². The van der Waals surface area contributed by atoms with Gasteiger partial charge < -0.3 is 10.4 Å². The predicted molar refractivity (Wildman–Crippen MR) is 83.5 cm³/mol. The highest BCUT2D eigenvalue weighted by Gasteiger charge is 2.24. The van der Waals surface area contributed by atoms with Crippen molar-refractivity contribution in [3.05, 3.63) is 29.3 Å². The minimum absolute atomic E-state index is 0.248. The van der Waals surface area contributed by atoms with Gasteiger partial charge in [0.1, 0.15) is 0 Å². The SMILES string of the molecule is CCC(CC)(CNc1ccc(C(=O)O)cc1C)SC. The van der Waals surface area contributed by atoms with Crippen LogP contribution in [0.25, 0.3) is 0 Å². The largest absolute Gasteiger partial charge is 0.478 e. The molecule has 1 aromatic rings. The Balaban J connectivity index is 2.80. The molecule has 3 nitrogen and oxygen atoms in total. The standard InChI is InChI=1S/C15H23NO2S/c1-5-15(6-2,19-4)10-16-13-8-7-12(14(17)18)9-11(13)3/h7-9,16H,5-6,10H2,1-4H3,(H,17,18). The third kappa shape index (κ3) is 3.90. The number of carboxylic acids is 1. The Kier molecular flexibility index (Phi) is 5.73. The van der Waals surface area contributed by atoms with Crippen LogP contribution in [0.5, 0.6) is 0 Å². The van der Waals surface area contributed by atoms with Gasteiger partial charge in [0.25, 0.3) is 0 Å². The number of carbonyl (C=O) groups is 1. The van der Waals surface area contributed by atoms with Gasteiger partial charge in [-0.25, -0.2) is 4.79 Å². The van der Waals surface area contributed by atoms with E-state index >= 15 is 0 Å². The number of benzene rings is 1. The number of aryl methyl sites for hydroxylation is 1. The summed E-state index contributed by atoms with van der Waals surface area (Å²) in [4.78, 5) is 10.9. The van der Waals surface area contributed by atoms with E-state index in [9.17, 15) is 4.79 Å². The Morgan fingerprint density at radius 3 is 2.42 bits per heavy atom. The predicted octanol–water partition coefficient (Wildman–Crippen LogP) is 4.03. The van der Waals surface area contributed by atoms with Gasteiger partial charge in [0.15, 0.2) is 0 Å². The van der Waals surface area contributed by atoms with Crippen molar-refractivity contribution in [1.82, 2.24) is 0 Å². The Morgan fingerprint density at radius 2 is 2.00 bits per heavy atom. The van der Waals surface area contributed by atoms with Crippen molar-refractivity contribution in [2.45, 2.75) is 38.4 Å². The van der Waals surface area contributed by atoms with E-state index in [4.69, 9.17) is 5.11 Å². The molecule has 0 aliphatic rings. The minimum atomic E-state index is -0.879. The average Bonchev–Trinajstić information content (AvgIpc) is 2.42. The summed E-state index contributed by atoms with van der Waals surface area (Å²) in [5, 5.41) is 12.4. The van der Waals surface area contributed by atoms with Gasteiger partial charge in [-0.15, -0.1) is 0 Å². The number of hydrogen-bond donors (Lipinski definition) is 2. The molecule has 0 aliphatic heterocycles. The molecule has 0 aromatic heterocycles. The zero-order valence-electron chi connectivity index (χ0n) is 12.1. The zero-order valence-corrected chi connectivity index (χ0v) is 12.9. The van der Waals surface area contributed by atoms with Crippen LogP contribution in [0.15, 0.2) is 18.2 Å². The summed E-state index contributed by atoms with van der Waals surface area (Å²) in [6.07, 6.45) is 4.38. The van der Waals surface area contributed by atoms with Gasteiger partial charge in [-0.05, 0) is 49.8 Å². The number of anilines is 1. The maximum absolute atomic E-state index is 10.9. The molecule has 0 saturated carbocycles. The Morgan fingerprint density at radius 1 is 1.37 bits per heavy atom. The summed E-state index contributed by atoms with van der Waals surface area (Å²) < 4.78 is 0.248. The summed E-state index contributed by atoms with van der Waals surface area (Å²) in [6.45, 7) is 7.26. The maximum atomic E-state index is 10.9. The Bertz CT molecular complexity index is 434. The fourth-order valence-corrected chi connectivity index (χ4v) is 2.91. The lowest BCUT2D eigenvalue weighted by atomic mass is 10.0. The molecule has 1 rings (SSSR count). The molecule has 2 N–H and O–H groups in total. The first kappa shape index (κ1) is 15.9. The highest BCUT2D eigenvalue weighted by atomic mass is 32.2. The van der Waals surface area contributed by atoms with Gasteiger partial charge in [-0.1, -0.05) is 13.8 Å². The highest BCUT2D eigenvalue weighted by molar-refractivity contribution is 8.00. The van der Waals surface area contributed by atoms with Crippen LogP contribution in [0, 0.1) is 6.92 Å². The lowest BCUT2D eigenvalue weighted by molar-refractivity contribution is 0.0697. The molecule has 0 atom stereocenters. The number of aromatic carboxylic acids is 1. The second-order valence-electron chi connectivity index (χ2n) is 4.78. The third-order valence-corrected chi connectivity index (χ3v) is 5.38. The molecule has 0 radical (unpaired) electrons. The van der Waals surface area contributed by atoms with Crippen LogP contribution in [-0.2, 0) is 0 Å². The monoisotopic (exact) mass is 281 g/mol. The number of carboxylic acid groups (broad SMARTS) is 1. The molecule has 0 heterocycles. The molecule has 0 aliphatic carbocycles. The van der Waals surface area contributed by atoms with E-state index in [2.05, 4.69) is 25.4 Å². The lowest BCUT2D eigenvalue weighted by Crippen LogP contribution is -2.32. The van der Waals surface area contributed by atoms with Gasteiger partial charge in [-0.3, -0.25) is 0 Å². The van der Waals surface area contributed by atoms with E-state index in [1.54, 1.807) is 12.1 Å². The number of rotatable bonds is 7. The molecule has 0 fully saturated rings.